The van der Waals surface area contributed by atoms with Gasteiger partial charge in [-0.15, -0.1) is 0 Å². The number of hydrogen-bond acceptors (Lipinski definition) is 4. The van der Waals surface area contributed by atoms with Crippen LogP contribution in [0.3, 0.4) is 0 Å². The van der Waals surface area contributed by atoms with E-state index in [-0.39, 0.29) is 0 Å². The Morgan fingerprint density at radius 3 is 2.41 bits per heavy atom. The smallest absolute Gasteiger partial charge is 0.243 e. The summed E-state index contributed by atoms with van der Waals surface area (Å²) in [5.74, 6) is 0. The predicted octanol–water partition coefficient (Wildman–Crippen LogP) is 4.98. The van der Waals surface area contributed by atoms with Crippen LogP contribution in [-0.4, -0.2) is 43.9 Å². The summed E-state index contributed by atoms with van der Waals surface area (Å²) in [4.78, 5) is 4.51. The van der Waals surface area contributed by atoms with Gasteiger partial charge in [0, 0.05) is 42.8 Å². The molecule has 1 aromatic carbocycles. The third kappa shape index (κ3) is 7.36. The number of hydrogen-bond donors (Lipinski definition) is 1. The molecule has 0 amide bonds. The lowest BCUT2D eigenvalue weighted by Gasteiger charge is -2.23. The predicted molar refractivity (Wildman–Crippen MR) is 122 cm³/mol. The van der Waals surface area contributed by atoms with Crippen molar-refractivity contribution in [2.24, 2.45) is 0 Å². The molecule has 0 saturated heterocycles. The molecule has 0 unspecified atom stereocenters. The van der Waals surface area contributed by atoms with Crippen LogP contribution in [0.5, 0.6) is 0 Å². The Kier molecular flexibility index (Phi) is 10.6. The maximum absolute atomic E-state index is 13.5. The minimum Gasteiger partial charge on any atom is -0.315 e. The highest BCUT2D eigenvalue weighted by molar-refractivity contribution is 7.89. The summed E-state index contributed by atoms with van der Waals surface area (Å²) in [5, 5.41) is 5.02. The van der Waals surface area contributed by atoms with Gasteiger partial charge in [0.15, 0.2) is 0 Å². The lowest BCUT2D eigenvalue weighted by atomic mass is 10.2. The van der Waals surface area contributed by atoms with E-state index in [0.29, 0.717) is 24.5 Å². The van der Waals surface area contributed by atoms with Crippen LogP contribution in [0.2, 0.25) is 0 Å². The van der Waals surface area contributed by atoms with Crippen molar-refractivity contribution in [2.75, 3.05) is 26.2 Å². The van der Waals surface area contributed by atoms with Gasteiger partial charge in [0.25, 0.3) is 0 Å². The molecular formula is C23H37N3O2S. The SMILES string of the molecule is CCCCCCNCCN(CCCCCC)S(=O)(=O)c1cccc2cnccc12. The molecule has 0 spiro atoms. The van der Waals surface area contributed by atoms with E-state index < -0.39 is 10.0 Å². The van der Waals surface area contributed by atoms with Crippen LogP contribution < -0.4 is 5.32 Å². The molecule has 1 N–H and O–H groups in total. The van der Waals surface area contributed by atoms with Crippen LogP contribution in [0.1, 0.15) is 65.2 Å². The summed E-state index contributed by atoms with van der Waals surface area (Å²) >= 11 is 0. The van der Waals surface area contributed by atoms with Crippen LogP contribution in [0.25, 0.3) is 10.8 Å². The highest BCUT2D eigenvalue weighted by Crippen LogP contribution is 2.25. The summed E-state index contributed by atoms with van der Waals surface area (Å²) in [7, 11) is -3.55. The van der Waals surface area contributed by atoms with Crippen LogP contribution in [0.4, 0.5) is 0 Å². The van der Waals surface area contributed by atoms with Crippen LogP contribution >= 0.6 is 0 Å². The Hall–Kier alpha value is -1.50. The summed E-state index contributed by atoms with van der Waals surface area (Å²) in [6.45, 7) is 7.08. The molecule has 29 heavy (non-hydrogen) atoms. The highest BCUT2D eigenvalue weighted by atomic mass is 32.2. The number of sulfonamides is 1. The van der Waals surface area contributed by atoms with Gasteiger partial charge >= 0.3 is 0 Å². The van der Waals surface area contributed by atoms with E-state index in [2.05, 4.69) is 24.1 Å². The van der Waals surface area contributed by atoms with E-state index in [0.717, 1.165) is 49.4 Å². The van der Waals surface area contributed by atoms with Gasteiger partial charge in [-0.1, -0.05) is 64.5 Å². The van der Waals surface area contributed by atoms with Crippen molar-refractivity contribution in [3.05, 3.63) is 36.7 Å². The maximum Gasteiger partial charge on any atom is 0.243 e. The molecule has 0 bridgehead atoms. The van der Waals surface area contributed by atoms with Gasteiger partial charge in [0.2, 0.25) is 10.0 Å². The second-order valence-electron chi connectivity index (χ2n) is 7.63. The first-order chi connectivity index (χ1) is 14.1. The molecular weight excluding hydrogens is 382 g/mol. The number of benzene rings is 1. The Bertz CT molecular complexity index is 818. The van der Waals surface area contributed by atoms with Gasteiger partial charge < -0.3 is 5.32 Å². The molecule has 1 aromatic heterocycles. The molecule has 6 heteroatoms. The van der Waals surface area contributed by atoms with Gasteiger partial charge in [0.1, 0.15) is 0 Å². The molecule has 0 aliphatic carbocycles. The van der Waals surface area contributed by atoms with Crippen molar-refractivity contribution in [1.29, 1.82) is 0 Å². The first kappa shape index (κ1) is 23.8. The first-order valence-electron chi connectivity index (χ1n) is 11.1. The number of fused-ring (bicyclic) bond motifs is 1. The fraction of sp³-hybridized carbons (Fsp3) is 0.609. The minimum absolute atomic E-state index is 0.385. The molecule has 2 rings (SSSR count). The molecule has 0 aliphatic heterocycles. The number of pyridine rings is 1. The Morgan fingerprint density at radius 1 is 0.897 bits per heavy atom. The highest BCUT2D eigenvalue weighted by Gasteiger charge is 2.25. The summed E-state index contributed by atoms with van der Waals surface area (Å²) < 4.78 is 28.6. The van der Waals surface area contributed by atoms with E-state index >= 15 is 0 Å². The molecule has 2 aromatic rings. The zero-order chi connectivity index (χ0) is 21.0. The van der Waals surface area contributed by atoms with E-state index in [1.807, 2.05) is 6.07 Å². The Labute approximate surface area is 177 Å². The lowest BCUT2D eigenvalue weighted by molar-refractivity contribution is 0.391. The fourth-order valence-electron chi connectivity index (χ4n) is 3.53. The van der Waals surface area contributed by atoms with E-state index in [1.165, 1.54) is 19.3 Å². The molecule has 0 radical (unpaired) electrons. The number of unbranched alkanes of at least 4 members (excludes halogenated alkanes) is 6. The summed E-state index contributed by atoms with van der Waals surface area (Å²) in [6, 6.07) is 7.22. The van der Waals surface area contributed by atoms with Gasteiger partial charge in [-0.05, 0) is 31.5 Å². The zero-order valence-corrected chi connectivity index (χ0v) is 18.9. The molecule has 5 nitrogen and oxygen atoms in total. The van der Waals surface area contributed by atoms with Gasteiger partial charge in [-0.2, -0.15) is 4.31 Å². The van der Waals surface area contributed by atoms with Crippen molar-refractivity contribution in [3.63, 3.8) is 0 Å². The molecule has 0 aliphatic rings. The molecule has 1 heterocycles. The monoisotopic (exact) mass is 419 g/mol. The number of rotatable bonds is 15. The summed E-state index contributed by atoms with van der Waals surface area (Å²) in [6.07, 6.45) is 12.5. The van der Waals surface area contributed by atoms with Crippen molar-refractivity contribution >= 4 is 20.8 Å². The third-order valence-corrected chi connectivity index (χ3v) is 7.22. The topological polar surface area (TPSA) is 62.3 Å². The van der Waals surface area contributed by atoms with Gasteiger partial charge in [-0.25, -0.2) is 8.42 Å². The number of aromatic nitrogens is 1. The lowest BCUT2D eigenvalue weighted by Crippen LogP contribution is -2.38. The average Bonchev–Trinajstić information content (AvgIpc) is 2.74. The minimum atomic E-state index is -3.55. The van der Waals surface area contributed by atoms with E-state index in [4.69, 9.17) is 0 Å². The number of nitrogens with zero attached hydrogens (tertiary/aromatic N) is 2. The van der Waals surface area contributed by atoms with Crippen LogP contribution in [-0.2, 0) is 10.0 Å². The van der Waals surface area contributed by atoms with Crippen molar-refractivity contribution < 1.29 is 8.42 Å². The fourth-order valence-corrected chi connectivity index (χ4v) is 5.22. The molecule has 162 valence electrons. The molecule has 0 saturated carbocycles. The first-order valence-corrected chi connectivity index (χ1v) is 12.6. The standard InChI is InChI=1S/C23H37N3O2S/c1-3-5-7-9-15-24-17-19-26(18-10-8-6-4-2)29(27,28)23-13-11-12-21-20-25-16-14-22(21)23/h11-14,16,20,24H,3-10,15,17-19H2,1-2H3. The van der Waals surface area contributed by atoms with Crippen molar-refractivity contribution in [3.8, 4) is 0 Å². The third-order valence-electron chi connectivity index (χ3n) is 5.26. The molecule has 0 fully saturated rings. The number of nitrogens with one attached hydrogen (secondary N) is 1. The van der Waals surface area contributed by atoms with Crippen molar-refractivity contribution in [2.45, 2.75) is 70.1 Å². The maximum atomic E-state index is 13.5. The van der Waals surface area contributed by atoms with Gasteiger partial charge in [0.05, 0.1) is 4.90 Å². The molecule has 0 atom stereocenters. The average molecular weight is 420 g/mol. The van der Waals surface area contributed by atoms with E-state index in [9.17, 15) is 8.42 Å². The second-order valence-corrected chi connectivity index (χ2v) is 9.53. The van der Waals surface area contributed by atoms with Gasteiger partial charge in [-0.3, -0.25) is 4.98 Å². The van der Waals surface area contributed by atoms with E-state index in [1.54, 1.807) is 34.9 Å². The summed E-state index contributed by atoms with van der Waals surface area (Å²) in [5.41, 5.74) is 0. The quantitative estimate of drug-likeness (QED) is 0.414. The largest absolute Gasteiger partial charge is 0.315 e. The Morgan fingerprint density at radius 2 is 1.66 bits per heavy atom. The Balaban J connectivity index is 2.08. The zero-order valence-electron chi connectivity index (χ0n) is 18.1. The van der Waals surface area contributed by atoms with Crippen LogP contribution in [0, 0.1) is 0 Å². The normalized spacial score (nSPS) is 12.1. The van der Waals surface area contributed by atoms with Crippen molar-refractivity contribution in [1.82, 2.24) is 14.6 Å². The van der Waals surface area contributed by atoms with Crippen LogP contribution in [0.15, 0.2) is 41.6 Å². The second kappa shape index (κ2) is 12.9.